The first-order valence-corrected chi connectivity index (χ1v) is 7.71. The Bertz CT molecular complexity index is 382. The number of hydrogen-bond acceptors (Lipinski definition) is 1. The quantitative estimate of drug-likeness (QED) is 0.602. The molecule has 16 heavy (non-hydrogen) atoms. The van der Waals surface area contributed by atoms with Crippen molar-refractivity contribution in [2.75, 3.05) is 0 Å². The Morgan fingerprint density at radius 3 is 2.50 bits per heavy atom. The van der Waals surface area contributed by atoms with Crippen LogP contribution in [0.4, 0.5) is 0 Å². The Morgan fingerprint density at radius 1 is 1.38 bits per heavy atom. The van der Waals surface area contributed by atoms with Crippen molar-refractivity contribution >= 4 is 33.1 Å². The predicted octanol–water partition coefficient (Wildman–Crippen LogP) is 4.25. The Kier molecular flexibility index (Phi) is 4.64. The molecular formula is C13H17AsClO. The summed E-state index contributed by atoms with van der Waals surface area (Å²) in [6.07, 6.45) is 0. The predicted molar refractivity (Wildman–Crippen MR) is 70.7 cm³/mol. The minimum atomic E-state index is 0.00340. The molecule has 1 rings (SSSR count). The molecule has 3 heteroatoms. The van der Waals surface area contributed by atoms with Gasteiger partial charge in [-0.3, -0.25) is 0 Å². The molecule has 1 aromatic carbocycles. The van der Waals surface area contributed by atoms with Crippen LogP contribution in [0.15, 0.2) is 24.3 Å². The van der Waals surface area contributed by atoms with Crippen molar-refractivity contribution in [3.8, 4) is 0 Å². The second-order valence-electron chi connectivity index (χ2n) is 4.85. The molecule has 0 aliphatic rings. The SMILES string of the molecule is CC([As]C(C)(C)C)C(=O)c1cccc(Cl)c1. The van der Waals surface area contributed by atoms with Gasteiger partial charge in [-0.15, -0.1) is 0 Å². The number of hydrogen-bond donors (Lipinski definition) is 0. The standard InChI is InChI=1S/C13H17AsClO/c1-9(14-13(2,3)4)12(16)10-6-5-7-11(15)8-10/h5-9H,1-4H3. The van der Waals surface area contributed by atoms with Crippen LogP contribution in [0.1, 0.15) is 38.1 Å². The van der Waals surface area contributed by atoms with Gasteiger partial charge in [0.1, 0.15) is 0 Å². The van der Waals surface area contributed by atoms with E-state index in [2.05, 4.69) is 20.8 Å². The molecule has 0 saturated carbocycles. The number of halogens is 1. The van der Waals surface area contributed by atoms with Gasteiger partial charge in [0.05, 0.1) is 0 Å². The van der Waals surface area contributed by atoms with Gasteiger partial charge in [-0.05, 0) is 0 Å². The molecule has 0 bridgehead atoms. The van der Waals surface area contributed by atoms with E-state index >= 15 is 0 Å². The van der Waals surface area contributed by atoms with Crippen molar-refractivity contribution < 1.29 is 4.79 Å². The van der Waals surface area contributed by atoms with E-state index in [0.29, 0.717) is 5.02 Å². The molecule has 0 fully saturated rings. The number of carbonyl (C=O) groups excluding carboxylic acids is 1. The number of rotatable bonds is 3. The van der Waals surface area contributed by atoms with E-state index in [4.69, 9.17) is 11.6 Å². The Hall–Kier alpha value is -0.262. The summed E-state index contributed by atoms with van der Waals surface area (Å²) in [5.41, 5.74) is 0.736. The summed E-state index contributed by atoms with van der Waals surface area (Å²) in [4.78, 5) is 12.1. The molecule has 87 valence electrons. The van der Waals surface area contributed by atoms with Crippen LogP contribution in [-0.2, 0) is 0 Å². The van der Waals surface area contributed by atoms with Gasteiger partial charge in [0, 0.05) is 0 Å². The first kappa shape index (κ1) is 13.8. The van der Waals surface area contributed by atoms with Crippen LogP contribution < -0.4 is 0 Å². The van der Waals surface area contributed by atoms with E-state index in [1.165, 1.54) is 0 Å². The number of benzene rings is 1. The van der Waals surface area contributed by atoms with Crippen LogP contribution in [0.5, 0.6) is 0 Å². The molecule has 1 nitrogen and oxygen atoms in total. The van der Waals surface area contributed by atoms with E-state index < -0.39 is 0 Å². The van der Waals surface area contributed by atoms with Crippen molar-refractivity contribution in [2.24, 2.45) is 0 Å². The molecule has 0 saturated heterocycles. The first-order valence-electron chi connectivity index (χ1n) is 5.31. The molecule has 1 aromatic rings. The molecule has 0 aliphatic heterocycles. The fourth-order valence-corrected chi connectivity index (χ4v) is 4.71. The van der Waals surface area contributed by atoms with Gasteiger partial charge in [0.25, 0.3) is 0 Å². The molecule has 0 aliphatic carbocycles. The summed E-state index contributed by atoms with van der Waals surface area (Å²) >= 11 is 5.89. The van der Waals surface area contributed by atoms with Crippen molar-refractivity contribution in [1.29, 1.82) is 0 Å². The van der Waals surface area contributed by atoms with Crippen molar-refractivity contribution in [3.05, 3.63) is 34.9 Å². The topological polar surface area (TPSA) is 17.1 Å². The van der Waals surface area contributed by atoms with Crippen molar-refractivity contribution in [3.63, 3.8) is 0 Å². The summed E-state index contributed by atoms with van der Waals surface area (Å²) in [7, 11) is 0. The normalized spacial score (nSPS) is 14.3. The van der Waals surface area contributed by atoms with E-state index in [9.17, 15) is 4.79 Å². The molecular weight excluding hydrogens is 283 g/mol. The van der Waals surface area contributed by atoms with Crippen LogP contribution >= 0.6 is 11.6 Å². The summed E-state index contributed by atoms with van der Waals surface area (Å²) in [5, 5.41) is 0.630. The third kappa shape index (κ3) is 4.31. The summed E-state index contributed by atoms with van der Waals surface area (Å²) in [6, 6.07) is 7.22. The average Bonchev–Trinajstić information content (AvgIpc) is 2.14. The van der Waals surface area contributed by atoms with Crippen LogP contribution in [0.2, 0.25) is 13.9 Å². The number of ketones is 1. The maximum absolute atomic E-state index is 12.1. The van der Waals surface area contributed by atoms with E-state index in [1.54, 1.807) is 12.1 Å². The zero-order valence-electron chi connectivity index (χ0n) is 10.1. The Labute approximate surface area is 109 Å². The molecule has 1 unspecified atom stereocenters. The van der Waals surface area contributed by atoms with Gasteiger partial charge in [0.15, 0.2) is 0 Å². The van der Waals surface area contributed by atoms with Gasteiger partial charge in [-0.1, -0.05) is 0 Å². The van der Waals surface area contributed by atoms with Crippen molar-refractivity contribution in [2.45, 2.75) is 36.6 Å². The number of carbonyl (C=O) groups is 1. The zero-order valence-corrected chi connectivity index (χ0v) is 12.8. The van der Waals surface area contributed by atoms with Crippen LogP contribution in [0.3, 0.4) is 0 Å². The van der Waals surface area contributed by atoms with Crippen LogP contribution in [0, 0.1) is 0 Å². The van der Waals surface area contributed by atoms with Gasteiger partial charge in [-0.25, -0.2) is 0 Å². The third-order valence-corrected chi connectivity index (χ3v) is 5.23. The molecule has 1 radical (unpaired) electrons. The second-order valence-corrected chi connectivity index (χ2v) is 10.3. The molecule has 0 aromatic heterocycles. The van der Waals surface area contributed by atoms with Gasteiger partial charge < -0.3 is 0 Å². The average molecular weight is 300 g/mol. The molecule has 0 heterocycles. The molecule has 0 N–H and O–H groups in total. The fraction of sp³-hybridized carbons (Fsp3) is 0.462. The zero-order chi connectivity index (χ0) is 12.3. The Balaban J connectivity index is 2.78. The molecule has 1 atom stereocenters. The van der Waals surface area contributed by atoms with Crippen LogP contribution in [0.25, 0.3) is 0 Å². The first-order chi connectivity index (χ1) is 7.29. The summed E-state index contributed by atoms with van der Waals surface area (Å²) in [5.74, 6) is 0.220. The minimum absolute atomic E-state index is 0.00340. The second kappa shape index (κ2) is 5.38. The van der Waals surface area contributed by atoms with E-state index in [-0.39, 0.29) is 30.4 Å². The summed E-state index contributed by atoms with van der Waals surface area (Å²) in [6.45, 7) is 8.59. The van der Waals surface area contributed by atoms with Gasteiger partial charge in [-0.2, -0.15) is 0 Å². The van der Waals surface area contributed by atoms with Gasteiger partial charge >= 0.3 is 109 Å². The maximum atomic E-state index is 12.1. The Morgan fingerprint density at radius 2 is 2.00 bits per heavy atom. The van der Waals surface area contributed by atoms with E-state index in [0.717, 1.165) is 5.56 Å². The molecule has 0 spiro atoms. The fourth-order valence-electron chi connectivity index (χ4n) is 1.52. The van der Waals surface area contributed by atoms with Gasteiger partial charge in [0.2, 0.25) is 0 Å². The summed E-state index contributed by atoms with van der Waals surface area (Å²) < 4.78 is 0.402. The van der Waals surface area contributed by atoms with Crippen LogP contribution in [-0.4, -0.2) is 21.5 Å². The monoisotopic (exact) mass is 299 g/mol. The molecule has 0 amide bonds. The van der Waals surface area contributed by atoms with Crippen molar-refractivity contribution in [1.82, 2.24) is 0 Å². The third-order valence-electron chi connectivity index (χ3n) is 2.07. The van der Waals surface area contributed by atoms with E-state index in [1.807, 2.05) is 19.1 Å². The number of Topliss-reactive ketones (excluding diaryl/α,β-unsaturated/α-hetero) is 1.